The van der Waals surface area contributed by atoms with Crippen LogP contribution in [-0.4, -0.2) is 29.1 Å². The summed E-state index contributed by atoms with van der Waals surface area (Å²) in [5.74, 6) is -2.21. The van der Waals surface area contributed by atoms with Crippen LogP contribution >= 0.6 is 0 Å². The number of aliphatic carboxylic acids is 1. The average Bonchev–Trinajstić information content (AvgIpc) is 2.63. The molecule has 0 bridgehead atoms. The summed E-state index contributed by atoms with van der Waals surface area (Å²) in [6, 6.07) is 1.44. The number of halogens is 3. The van der Waals surface area contributed by atoms with Crippen LogP contribution in [0.15, 0.2) is 24.3 Å². The number of carboxylic acids is 1. The van der Waals surface area contributed by atoms with Gasteiger partial charge in [0.25, 0.3) is 5.91 Å². The summed E-state index contributed by atoms with van der Waals surface area (Å²) < 4.78 is 37.8. The minimum absolute atomic E-state index is 0.264. The third-order valence-electron chi connectivity index (χ3n) is 2.83. The number of hydrogen-bond donors (Lipinski definition) is 2. The third kappa shape index (κ3) is 2.96. The van der Waals surface area contributed by atoms with Crippen molar-refractivity contribution in [1.29, 1.82) is 0 Å². The topological polar surface area (TPSA) is 86.7 Å². The summed E-state index contributed by atoms with van der Waals surface area (Å²) in [6.07, 6.45) is -5.25. The summed E-state index contributed by atoms with van der Waals surface area (Å²) in [7, 11) is 0. The lowest BCUT2D eigenvalue weighted by Crippen LogP contribution is -2.32. The molecule has 1 aliphatic rings. The van der Waals surface area contributed by atoms with Gasteiger partial charge in [0.15, 0.2) is 0 Å². The maximum atomic E-state index is 12.6. The molecule has 0 radical (unpaired) electrons. The second kappa shape index (κ2) is 5.08. The number of carbonyl (C=O) groups excluding carboxylic acids is 2. The second-order valence-corrected chi connectivity index (χ2v) is 4.32. The van der Waals surface area contributed by atoms with Crippen LogP contribution in [0.5, 0.6) is 0 Å². The quantitative estimate of drug-likeness (QED) is 0.830. The number of nitrogens with one attached hydrogen (secondary N) is 1. The van der Waals surface area contributed by atoms with Crippen molar-refractivity contribution in [3.05, 3.63) is 29.8 Å². The number of anilines is 1. The lowest BCUT2D eigenvalue weighted by molar-refractivity contribution is -0.139. The van der Waals surface area contributed by atoms with Crippen molar-refractivity contribution in [3.8, 4) is 0 Å². The van der Waals surface area contributed by atoms with Gasteiger partial charge < -0.3 is 10.4 Å². The summed E-state index contributed by atoms with van der Waals surface area (Å²) >= 11 is 0. The molecule has 0 saturated carbocycles. The van der Waals surface area contributed by atoms with E-state index in [0.717, 1.165) is 18.2 Å². The first-order valence-electron chi connectivity index (χ1n) is 5.73. The highest BCUT2D eigenvalue weighted by molar-refractivity contribution is 6.21. The van der Waals surface area contributed by atoms with Crippen LogP contribution in [0, 0.1) is 0 Å². The SMILES string of the molecule is O=C(O)C[C@@H]1NC(=O)N(c2cccc(C(F)(F)F)c2)C1=O. The molecule has 9 heteroatoms. The van der Waals surface area contributed by atoms with E-state index in [9.17, 15) is 27.6 Å². The molecule has 1 aromatic carbocycles. The molecular formula is C12H9F3N2O4. The van der Waals surface area contributed by atoms with Crippen molar-refractivity contribution in [3.63, 3.8) is 0 Å². The van der Waals surface area contributed by atoms with E-state index < -0.39 is 42.1 Å². The Morgan fingerprint density at radius 3 is 2.57 bits per heavy atom. The van der Waals surface area contributed by atoms with Gasteiger partial charge in [0.1, 0.15) is 6.04 Å². The lowest BCUT2D eigenvalue weighted by Gasteiger charge is -2.15. The van der Waals surface area contributed by atoms with Crippen LogP contribution in [0.4, 0.5) is 23.7 Å². The Labute approximate surface area is 116 Å². The van der Waals surface area contributed by atoms with Crippen LogP contribution in [0.3, 0.4) is 0 Å². The summed E-state index contributed by atoms with van der Waals surface area (Å²) in [6.45, 7) is 0. The molecule has 1 saturated heterocycles. The molecule has 112 valence electrons. The van der Waals surface area contributed by atoms with Crippen molar-refractivity contribution in [2.75, 3.05) is 4.90 Å². The monoisotopic (exact) mass is 302 g/mol. The van der Waals surface area contributed by atoms with E-state index >= 15 is 0 Å². The Kier molecular flexibility index (Phi) is 3.58. The lowest BCUT2D eigenvalue weighted by atomic mass is 10.1. The minimum atomic E-state index is -4.62. The van der Waals surface area contributed by atoms with Crippen LogP contribution < -0.4 is 10.2 Å². The summed E-state index contributed by atoms with van der Waals surface area (Å²) in [4.78, 5) is 34.6. The van der Waals surface area contributed by atoms with E-state index in [1.807, 2.05) is 0 Å². The van der Waals surface area contributed by atoms with Crippen molar-refractivity contribution in [2.24, 2.45) is 0 Å². The van der Waals surface area contributed by atoms with Gasteiger partial charge in [-0.3, -0.25) is 9.59 Å². The van der Waals surface area contributed by atoms with E-state index in [1.165, 1.54) is 0 Å². The number of benzene rings is 1. The number of imide groups is 1. The van der Waals surface area contributed by atoms with E-state index in [2.05, 4.69) is 5.32 Å². The molecule has 2 rings (SSSR count). The first kappa shape index (κ1) is 14.8. The minimum Gasteiger partial charge on any atom is -0.481 e. The maximum absolute atomic E-state index is 12.6. The molecule has 1 aliphatic heterocycles. The molecule has 0 aromatic heterocycles. The highest BCUT2D eigenvalue weighted by Crippen LogP contribution is 2.32. The van der Waals surface area contributed by atoms with Gasteiger partial charge in [-0.25, -0.2) is 9.69 Å². The number of nitrogens with zero attached hydrogens (tertiary/aromatic N) is 1. The average molecular weight is 302 g/mol. The molecular weight excluding hydrogens is 293 g/mol. The van der Waals surface area contributed by atoms with E-state index in [1.54, 1.807) is 0 Å². The molecule has 1 heterocycles. The largest absolute Gasteiger partial charge is 0.481 e. The summed E-state index contributed by atoms with van der Waals surface area (Å²) in [5, 5.41) is 10.7. The zero-order chi connectivity index (χ0) is 15.8. The molecule has 0 unspecified atom stereocenters. The fourth-order valence-electron chi connectivity index (χ4n) is 1.91. The van der Waals surface area contributed by atoms with Crippen molar-refractivity contribution in [2.45, 2.75) is 18.6 Å². The number of carboxylic acid groups (broad SMARTS) is 1. The number of rotatable bonds is 3. The number of amides is 3. The van der Waals surface area contributed by atoms with Crippen LogP contribution in [-0.2, 0) is 15.8 Å². The number of alkyl halides is 3. The third-order valence-corrected chi connectivity index (χ3v) is 2.83. The van der Waals surface area contributed by atoms with Crippen molar-refractivity contribution >= 4 is 23.6 Å². The highest BCUT2D eigenvalue weighted by atomic mass is 19.4. The first-order valence-corrected chi connectivity index (χ1v) is 5.73. The Balaban J connectivity index is 2.32. The van der Waals surface area contributed by atoms with Crippen LogP contribution in [0.25, 0.3) is 0 Å². The maximum Gasteiger partial charge on any atom is 0.416 e. The normalized spacial score (nSPS) is 18.8. The van der Waals surface area contributed by atoms with Gasteiger partial charge in [0.05, 0.1) is 17.7 Å². The van der Waals surface area contributed by atoms with Crippen LogP contribution in [0.2, 0.25) is 0 Å². The van der Waals surface area contributed by atoms with E-state index in [-0.39, 0.29) is 5.69 Å². The first-order chi connectivity index (χ1) is 9.70. The molecule has 0 spiro atoms. The van der Waals surface area contributed by atoms with Crippen molar-refractivity contribution in [1.82, 2.24) is 5.32 Å². The fourth-order valence-corrected chi connectivity index (χ4v) is 1.91. The molecule has 6 nitrogen and oxygen atoms in total. The fraction of sp³-hybridized carbons (Fsp3) is 0.250. The molecule has 1 atom stereocenters. The molecule has 3 amide bonds. The molecule has 0 aliphatic carbocycles. The molecule has 1 aromatic rings. The Morgan fingerprint density at radius 2 is 2.00 bits per heavy atom. The predicted octanol–water partition coefficient (Wildman–Crippen LogP) is 1.60. The molecule has 21 heavy (non-hydrogen) atoms. The summed E-state index contributed by atoms with van der Waals surface area (Å²) in [5.41, 5.74) is -1.28. The number of hydrogen-bond acceptors (Lipinski definition) is 3. The zero-order valence-electron chi connectivity index (χ0n) is 10.3. The number of urea groups is 1. The van der Waals surface area contributed by atoms with E-state index in [0.29, 0.717) is 11.0 Å². The van der Waals surface area contributed by atoms with Gasteiger partial charge in [0.2, 0.25) is 0 Å². The molecule has 2 N–H and O–H groups in total. The zero-order valence-corrected chi connectivity index (χ0v) is 10.3. The highest BCUT2D eigenvalue weighted by Gasteiger charge is 2.41. The van der Waals surface area contributed by atoms with Crippen molar-refractivity contribution < 1.29 is 32.7 Å². The smallest absolute Gasteiger partial charge is 0.416 e. The van der Waals surface area contributed by atoms with Gasteiger partial charge in [-0.15, -0.1) is 0 Å². The Morgan fingerprint density at radius 1 is 1.33 bits per heavy atom. The standard InChI is InChI=1S/C12H9F3N2O4/c13-12(14,15)6-2-1-3-7(4-6)17-10(20)8(5-9(18)19)16-11(17)21/h1-4,8H,5H2,(H,16,21)(H,18,19)/t8-/m0/s1. The Bertz CT molecular complexity index is 615. The second-order valence-electron chi connectivity index (χ2n) is 4.32. The van der Waals surface area contributed by atoms with Crippen LogP contribution in [0.1, 0.15) is 12.0 Å². The van der Waals surface area contributed by atoms with Gasteiger partial charge >= 0.3 is 18.2 Å². The van der Waals surface area contributed by atoms with Gasteiger partial charge in [-0.1, -0.05) is 6.07 Å². The van der Waals surface area contributed by atoms with Gasteiger partial charge in [-0.2, -0.15) is 13.2 Å². The van der Waals surface area contributed by atoms with Gasteiger partial charge in [-0.05, 0) is 18.2 Å². The van der Waals surface area contributed by atoms with Gasteiger partial charge in [0, 0.05) is 0 Å². The number of carbonyl (C=O) groups is 3. The Hall–Kier alpha value is -2.58. The predicted molar refractivity (Wildman–Crippen MR) is 63.5 cm³/mol. The molecule has 1 fully saturated rings. The van der Waals surface area contributed by atoms with E-state index in [4.69, 9.17) is 5.11 Å².